The SMILES string of the molecule is O=C(Cc1cc(Cl)ccc1Cl)c1ccc(F)cc1. The summed E-state index contributed by atoms with van der Waals surface area (Å²) in [6.45, 7) is 0. The number of carbonyl (C=O) groups excluding carboxylic acids is 1. The molecule has 0 aromatic heterocycles. The van der Waals surface area contributed by atoms with Gasteiger partial charge in [-0.1, -0.05) is 23.2 Å². The molecule has 0 radical (unpaired) electrons. The number of Topliss-reactive ketones (excluding diaryl/α,β-unsaturated/α-hetero) is 1. The van der Waals surface area contributed by atoms with Gasteiger partial charge in [0.1, 0.15) is 5.82 Å². The zero-order valence-corrected chi connectivity index (χ0v) is 10.8. The van der Waals surface area contributed by atoms with Gasteiger partial charge in [0.25, 0.3) is 0 Å². The van der Waals surface area contributed by atoms with Gasteiger partial charge in [-0.25, -0.2) is 4.39 Å². The minimum absolute atomic E-state index is 0.126. The third-order valence-corrected chi connectivity index (χ3v) is 3.13. The fourth-order valence-electron chi connectivity index (χ4n) is 1.59. The number of halogens is 3. The molecule has 0 spiro atoms. The monoisotopic (exact) mass is 282 g/mol. The van der Waals surface area contributed by atoms with Crippen molar-refractivity contribution in [1.82, 2.24) is 0 Å². The smallest absolute Gasteiger partial charge is 0.167 e. The van der Waals surface area contributed by atoms with E-state index >= 15 is 0 Å². The number of ketones is 1. The first-order valence-corrected chi connectivity index (χ1v) is 6.04. The molecule has 0 aliphatic carbocycles. The lowest BCUT2D eigenvalue weighted by atomic mass is 10.0. The van der Waals surface area contributed by atoms with E-state index in [4.69, 9.17) is 23.2 Å². The van der Waals surface area contributed by atoms with Crippen molar-refractivity contribution >= 4 is 29.0 Å². The zero-order valence-electron chi connectivity index (χ0n) is 9.29. The van der Waals surface area contributed by atoms with Crippen LogP contribution in [0.25, 0.3) is 0 Å². The van der Waals surface area contributed by atoms with Crippen LogP contribution in [0.3, 0.4) is 0 Å². The first-order valence-electron chi connectivity index (χ1n) is 5.29. The molecule has 0 heterocycles. The van der Waals surface area contributed by atoms with Gasteiger partial charge >= 0.3 is 0 Å². The normalized spacial score (nSPS) is 10.4. The van der Waals surface area contributed by atoms with E-state index in [1.165, 1.54) is 24.3 Å². The van der Waals surface area contributed by atoms with E-state index in [2.05, 4.69) is 0 Å². The molecule has 18 heavy (non-hydrogen) atoms. The van der Waals surface area contributed by atoms with Gasteiger partial charge in [0, 0.05) is 22.0 Å². The Kier molecular flexibility index (Phi) is 4.00. The molecule has 0 aliphatic heterocycles. The lowest BCUT2D eigenvalue weighted by molar-refractivity contribution is 0.0993. The van der Waals surface area contributed by atoms with Gasteiger partial charge in [-0.2, -0.15) is 0 Å². The van der Waals surface area contributed by atoms with E-state index in [-0.39, 0.29) is 18.0 Å². The molecule has 0 fully saturated rings. The van der Waals surface area contributed by atoms with Crippen LogP contribution >= 0.6 is 23.2 Å². The summed E-state index contributed by atoms with van der Waals surface area (Å²) < 4.78 is 12.7. The van der Waals surface area contributed by atoms with Gasteiger partial charge in [0.15, 0.2) is 5.78 Å². The first kappa shape index (κ1) is 13.1. The van der Waals surface area contributed by atoms with Crippen molar-refractivity contribution in [3.05, 3.63) is 69.5 Å². The van der Waals surface area contributed by atoms with Crippen LogP contribution in [0.2, 0.25) is 10.0 Å². The summed E-state index contributed by atoms with van der Waals surface area (Å²) in [6, 6.07) is 10.4. The average Bonchev–Trinajstić information content (AvgIpc) is 2.34. The van der Waals surface area contributed by atoms with Crippen LogP contribution in [0.1, 0.15) is 15.9 Å². The van der Waals surface area contributed by atoms with Crippen LogP contribution in [-0.2, 0) is 6.42 Å². The van der Waals surface area contributed by atoms with Crippen LogP contribution in [0.4, 0.5) is 4.39 Å². The number of benzene rings is 2. The Morgan fingerprint density at radius 1 is 1.06 bits per heavy atom. The topological polar surface area (TPSA) is 17.1 Å². The first-order chi connectivity index (χ1) is 8.56. The predicted molar refractivity (Wildman–Crippen MR) is 70.9 cm³/mol. The maximum Gasteiger partial charge on any atom is 0.167 e. The fraction of sp³-hybridized carbons (Fsp3) is 0.0714. The van der Waals surface area contributed by atoms with E-state index in [9.17, 15) is 9.18 Å². The summed E-state index contributed by atoms with van der Waals surface area (Å²) in [5.74, 6) is -0.494. The fourth-order valence-corrected chi connectivity index (χ4v) is 1.97. The van der Waals surface area contributed by atoms with Crippen molar-refractivity contribution in [2.75, 3.05) is 0 Å². The third kappa shape index (κ3) is 3.09. The number of carbonyl (C=O) groups is 1. The molecule has 1 nitrogen and oxygen atoms in total. The van der Waals surface area contributed by atoms with Crippen molar-refractivity contribution in [1.29, 1.82) is 0 Å². The molecule has 2 rings (SSSR count). The third-order valence-electron chi connectivity index (χ3n) is 2.52. The highest BCUT2D eigenvalue weighted by molar-refractivity contribution is 6.33. The number of hydrogen-bond acceptors (Lipinski definition) is 1. The Labute approximate surface area is 114 Å². The second-order valence-electron chi connectivity index (χ2n) is 3.84. The van der Waals surface area contributed by atoms with Crippen molar-refractivity contribution in [3.8, 4) is 0 Å². The van der Waals surface area contributed by atoms with Gasteiger partial charge in [0.2, 0.25) is 0 Å². The standard InChI is InChI=1S/C14H9Cl2FO/c15-11-3-6-13(16)10(7-11)8-14(18)9-1-4-12(17)5-2-9/h1-7H,8H2. The summed E-state index contributed by atoms with van der Waals surface area (Å²) in [5, 5.41) is 1.02. The highest BCUT2D eigenvalue weighted by Gasteiger charge is 2.10. The van der Waals surface area contributed by atoms with Crippen LogP contribution in [0, 0.1) is 5.82 Å². The predicted octanol–water partition coefficient (Wildman–Crippen LogP) is 4.56. The summed E-state index contributed by atoms with van der Waals surface area (Å²) in [7, 11) is 0. The van der Waals surface area contributed by atoms with Crippen molar-refractivity contribution in [3.63, 3.8) is 0 Å². The lowest BCUT2D eigenvalue weighted by Crippen LogP contribution is -2.04. The summed E-state index contributed by atoms with van der Waals surface area (Å²) in [6.07, 6.45) is 0.144. The van der Waals surface area contributed by atoms with Crippen LogP contribution < -0.4 is 0 Å². The quantitative estimate of drug-likeness (QED) is 0.755. The molecular weight excluding hydrogens is 274 g/mol. The molecule has 92 valence electrons. The van der Waals surface area contributed by atoms with Crippen LogP contribution in [-0.4, -0.2) is 5.78 Å². The second-order valence-corrected chi connectivity index (χ2v) is 4.69. The second kappa shape index (κ2) is 5.51. The van der Waals surface area contributed by atoms with Crippen LogP contribution in [0.15, 0.2) is 42.5 Å². The molecule has 0 saturated carbocycles. The van der Waals surface area contributed by atoms with Gasteiger partial charge in [0.05, 0.1) is 0 Å². The molecule has 0 saturated heterocycles. The Bertz CT molecular complexity index is 579. The summed E-state index contributed by atoms with van der Waals surface area (Å²) in [5.41, 5.74) is 1.12. The average molecular weight is 283 g/mol. The lowest BCUT2D eigenvalue weighted by Gasteiger charge is -2.04. The van der Waals surface area contributed by atoms with E-state index in [0.717, 1.165) is 0 Å². The highest BCUT2D eigenvalue weighted by Crippen LogP contribution is 2.22. The number of hydrogen-bond donors (Lipinski definition) is 0. The van der Waals surface area contributed by atoms with E-state index in [0.29, 0.717) is 21.2 Å². The summed E-state index contributed by atoms with van der Waals surface area (Å²) in [4.78, 5) is 12.0. The zero-order chi connectivity index (χ0) is 13.1. The molecule has 2 aromatic rings. The molecule has 0 amide bonds. The maximum absolute atomic E-state index is 12.7. The molecular formula is C14H9Cl2FO. The van der Waals surface area contributed by atoms with Gasteiger partial charge in [-0.05, 0) is 48.0 Å². The Balaban J connectivity index is 2.21. The van der Waals surface area contributed by atoms with Crippen molar-refractivity contribution in [2.24, 2.45) is 0 Å². The molecule has 0 aliphatic rings. The van der Waals surface area contributed by atoms with Crippen LogP contribution in [0.5, 0.6) is 0 Å². The van der Waals surface area contributed by atoms with E-state index < -0.39 is 0 Å². The van der Waals surface area contributed by atoms with Crippen molar-refractivity contribution < 1.29 is 9.18 Å². The molecule has 4 heteroatoms. The van der Waals surface area contributed by atoms with E-state index in [1.807, 2.05) is 0 Å². The van der Waals surface area contributed by atoms with Gasteiger partial charge in [-0.15, -0.1) is 0 Å². The minimum atomic E-state index is -0.368. The molecule has 2 aromatic carbocycles. The molecule has 0 atom stereocenters. The van der Waals surface area contributed by atoms with E-state index in [1.54, 1.807) is 18.2 Å². The summed E-state index contributed by atoms with van der Waals surface area (Å²) >= 11 is 11.8. The Morgan fingerprint density at radius 3 is 2.39 bits per heavy atom. The van der Waals surface area contributed by atoms with Gasteiger partial charge < -0.3 is 0 Å². The maximum atomic E-state index is 12.7. The number of rotatable bonds is 3. The molecule has 0 N–H and O–H groups in total. The largest absolute Gasteiger partial charge is 0.294 e. The van der Waals surface area contributed by atoms with Crippen molar-refractivity contribution in [2.45, 2.75) is 6.42 Å². The highest BCUT2D eigenvalue weighted by atomic mass is 35.5. The molecule has 0 unspecified atom stereocenters. The Morgan fingerprint density at radius 2 is 1.72 bits per heavy atom. The van der Waals surface area contributed by atoms with Gasteiger partial charge in [-0.3, -0.25) is 4.79 Å². The molecule has 0 bridgehead atoms. The Hall–Kier alpha value is -1.38. The minimum Gasteiger partial charge on any atom is -0.294 e.